The number of carbonyl (C=O) groups is 2. The molecule has 0 saturated heterocycles. The fourth-order valence-electron chi connectivity index (χ4n) is 2.80. The predicted molar refractivity (Wildman–Crippen MR) is 125 cm³/mol. The molecule has 0 heterocycles. The topological polar surface area (TPSA) is 88.1 Å². The van der Waals surface area contributed by atoms with Crippen LogP contribution in [0.15, 0.2) is 54.6 Å². The molecular formula is C23H28Cl2N2O5. The van der Waals surface area contributed by atoms with E-state index in [9.17, 15) is 14.7 Å². The first kappa shape index (κ1) is 25.9. The van der Waals surface area contributed by atoms with Crippen LogP contribution in [-0.4, -0.2) is 59.1 Å². The van der Waals surface area contributed by atoms with Gasteiger partial charge in [-0.2, -0.15) is 0 Å². The van der Waals surface area contributed by atoms with E-state index in [-0.39, 0.29) is 13.0 Å². The van der Waals surface area contributed by atoms with Gasteiger partial charge in [-0.3, -0.25) is 9.59 Å². The van der Waals surface area contributed by atoms with Gasteiger partial charge in [0.15, 0.2) is 4.84 Å². The molecule has 2 N–H and O–H groups in total. The van der Waals surface area contributed by atoms with Crippen molar-refractivity contribution in [2.75, 3.05) is 31.7 Å². The number of aliphatic hydroxyl groups excluding tert-OH is 1. The molecule has 2 aromatic carbocycles. The Kier molecular flexibility index (Phi) is 11.3. The monoisotopic (exact) mass is 482 g/mol. The first-order valence-electron chi connectivity index (χ1n) is 10.3. The summed E-state index contributed by atoms with van der Waals surface area (Å²) in [6.07, 6.45) is -1.04. The van der Waals surface area contributed by atoms with Crippen LogP contribution < -0.4 is 10.1 Å². The quantitative estimate of drug-likeness (QED) is 0.336. The molecule has 2 rings (SSSR count). The molecule has 0 aliphatic rings. The molecule has 0 fully saturated rings. The van der Waals surface area contributed by atoms with Crippen molar-refractivity contribution in [2.24, 2.45) is 0 Å². The van der Waals surface area contributed by atoms with Crippen molar-refractivity contribution >= 4 is 40.7 Å². The van der Waals surface area contributed by atoms with Gasteiger partial charge < -0.3 is 24.8 Å². The van der Waals surface area contributed by atoms with Crippen molar-refractivity contribution in [3.63, 3.8) is 0 Å². The maximum absolute atomic E-state index is 12.2. The standard InChI is InChI=1S/C23H28Cl2N2O5/c1-2-31-15-13-27(23(30)21(24)25)16-17-8-10-18(11-9-17)26-22(29)20(28)12-14-32-19-6-4-3-5-7-19/h3-11,20-21,28H,2,12-16H2,1H3,(H,26,29). The lowest BCUT2D eigenvalue weighted by atomic mass is 10.1. The van der Waals surface area contributed by atoms with Crippen molar-refractivity contribution in [1.29, 1.82) is 0 Å². The van der Waals surface area contributed by atoms with E-state index in [2.05, 4.69) is 5.32 Å². The molecule has 0 aliphatic heterocycles. The van der Waals surface area contributed by atoms with E-state index in [1.54, 1.807) is 36.4 Å². The van der Waals surface area contributed by atoms with Gasteiger partial charge in [0.25, 0.3) is 11.8 Å². The van der Waals surface area contributed by atoms with Gasteiger partial charge in [-0.15, -0.1) is 0 Å². The highest BCUT2D eigenvalue weighted by Gasteiger charge is 2.20. The highest BCUT2D eigenvalue weighted by atomic mass is 35.5. The first-order chi connectivity index (χ1) is 15.4. The zero-order valence-corrected chi connectivity index (χ0v) is 19.4. The Balaban J connectivity index is 1.84. The van der Waals surface area contributed by atoms with E-state index >= 15 is 0 Å². The number of amides is 2. The van der Waals surface area contributed by atoms with Crippen LogP contribution in [0.2, 0.25) is 0 Å². The van der Waals surface area contributed by atoms with Gasteiger partial charge >= 0.3 is 0 Å². The van der Waals surface area contributed by atoms with Gasteiger partial charge in [0, 0.05) is 31.8 Å². The smallest absolute Gasteiger partial charge is 0.256 e. The van der Waals surface area contributed by atoms with Gasteiger partial charge in [-0.05, 0) is 36.8 Å². The summed E-state index contributed by atoms with van der Waals surface area (Å²) in [5.74, 6) is -0.236. The summed E-state index contributed by atoms with van der Waals surface area (Å²) in [5.41, 5.74) is 1.36. The third-order valence-corrected chi connectivity index (χ3v) is 4.88. The molecule has 174 valence electrons. The van der Waals surface area contributed by atoms with Gasteiger partial charge in [0.05, 0.1) is 13.2 Å². The second-order valence-electron chi connectivity index (χ2n) is 6.91. The Morgan fingerprint density at radius 2 is 1.75 bits per heavy atom. The van der Waals surface area contributed by atoms with E-state index < -0.39 is 22.8 Å². The van der Waals surface area contributed by atoms with E-state index in [4.69, 9.17) is 32.7 Å². The number of benzene rings is 2. The number of anilines is 1. The number of nitrogens with zero attached hydrogens (tertiary/aromatic N) is 1. The first-order valence-corrected chi connectivity index (χ1v) is 11.2. The van der Waals surface area contributed by atoms with E-state index in [0.717, 1.165) is 5.56 Å². The van der Waals surface area contributed by atoms with Crippen LogP contribution >= 0.6 is 23.2 Å². The summed E-state index contributed by atoms with van der Waals surface area (Å²) in [4.78, 5) is 24.8. The highest BCUT2D eigenvalue weighted by molar-refractivity contribution is 6.53. The number of nitrogens with one attached hydrogen (secondary N) is 1. The summed E-state index contributed by atoms with van der Waals surface area (Å²) in [6.45, 7) is 3.67. The average molecular weight is 483 g/mol. The van der Waals surface area contributed by atoms with Crippen LogP contribution in [0.1, 0.15) is 18.9 Å². The molecule has 0 spiro atoms. The maximum atomic E-state index is 12.2. The van der Waals surface area contributed by atoms with E-state index in [1.807, 2.05) is 25.1 Å². The molecule has 0 aliphatic carbocycles. The van der Waals surface area contributed by atoms with Crippen LogP contribution in [0.5, 0.6) is 5.75 Å². The lowest BCUT2D eigenvalue weighted by molar-refractivity contribution is -0.130. The largest absolute Gasteiger partial charge is 0.493 e. The zero-order chi connectivity index (χ0) is 23.3. The van der Waals surface area contributed by atoms with Gasteiger partial charge in [-0.25, -0.2) is 0 Å². The van der Waals surface area contributed by atoms with Gasteiger partial charge in [0.2, 0.25) is 0 Å². The van der Waals surface area contributed by atoms with Crippen LogP contribution in [-0.2, 0) is 20.9 Å². The second kappa shape index (κ2) is 14.0. The summed E-state index contributed by atoms with van der Waals surface area (Å²) < 4.78 is 10.8. The summed E-state index contributed by atoms with van der Waals surface area (Å²) in [5, 5.41) is 12.7. The Morgan fingerprint density at radius 3 is 2.38 bits per heavy atom. The molecule has 7 nitrogen and oxygen atoms in total. The lowest BCUT2D eigenvalue weighted by Gasteiger charge is -2.23. The molecule has 1 atom stereocenters. The Bertz CT molecular complexity index is 834. The molecule has 1 unspecified atom stereocenters. The minimum Gasteiger partial charge on any atom is -0.493 e. The number of rotatable bonds is 13. The summed E-state index contributed by atoms with van der Waals surface area (Å²) >= 11 is 11.5. The number of carbonyl (C=O) groups excluding carboxylic acids is 2. The molecule has 2 amide bonds. The van der Waals surface area contributed by atoms with Crippen molar-refractivity contribution < 1.29 is 24.2 Å². The minimum atomic E-state index is -1.20. The fourth-order valence-corrected chi connectivity index (χ4v) is 3.08. The van der Waals surface area contributed by atoms with Crippen molar-refractivity contribution in [1.82, 2.24) is 4.90 Å². The van der Waals surface area contributed by atoms with Crippen LogP contribution in [0, 0.1) is 0 Å². The normalized spacial score (nSPS) is 11.8. The summed E-state index contributed by atoms with van der Waals surface area (Å²) in [7, 11) is 0. The number of hydrogen-bond acceptors (Lipinski definition) is 5. The summed E-state index contributed by atoms with van der Waals surface area (Å²) in [6, 6.07) is 16.1. The molecule has 2 aromatic rings. The Labute approximate surface area is 198 Å². The number of hydrogen-bond donors (Lipinski definition) is 2. The number of alkyl halides is 2. The van der Waals surface area contributed by atoms with Crippen molar-refractivity contribution in [2.45, 2.75) is 30.8 Å². The molecule has 0 saturated carbocycles. The minimum absolute atomic E-state index is 0.160. The van der Waals surface area contributed by atoms with Crippen LogP contribution in [0.3, 0.4) is 0 Å². The molecule has 0 bridgehead atoms. The van der Waals surface area contributed by atoms with Gasteiger partial charge in [-0.1, -0.05) is 53.5 Å². The number of halogens is 2. The third kappa shape index (κ3) is 9.04. The van der Waals surface area contributed by atoms with Crippen LogP contribution in [0.4, 0.5) is 5.69 Å². The average Bonchev–Trinajstić information content (AvgIpc) is 2.79. The molecular weight excluding hydrogens is 455 g/mol. The van der Waals surface area contributed by atoms with Crippen LogP contribution in [0.25, 0.3) is 0 Å². The van der Waals surface area contributed by atoms with Gasteiger partial charge in [0.1, 0.15) is 11.9 Å². The molecule has 32 heavy (non-hydrogen) atoms. The second-order valence-corrected chi connectivity index (χ2v) is 8.01. The van der Waals surface area contributed by atoms with Crippen molar-refractivity contribution in [3.8, 4) is 5.75 Å². The number of para-hydroxylation sites is 1. The third-order valence-electron chi connectivity index (χ3n) is 4.51. The molecule has 9 heteroatoms. The maximum Gasteiger partial charge on any atom is 0.256 e. The highest BCUT2D eigenvalue weighted by Crippen LogP contribution is 2.15. The fraction of sp³-hybridized carbons (Fsp3) is 0.391. The lowest BCUT2D eigenvalue weighted by Crippen LogP contribution is -2.37. The SMILES string of the molecule is CCOCCN(Cc1ccc(NC(=O)C(O)CCOc2ccccc2)cc1)C(=O)C(Cl)Cl. The van der Waals surface area contributed by atoms with E-state index in [0.29, 0.717) is 37.7 Å². The Morgan fingerprint density at radius 1 is 1.06 bits per heavy atom. The molecule has 0 aromatic heterocycles. The zero-order valence-electron chi connectivity index (χ0n) is 17.9. The molecule has 0 radical (unpaired) electrons. The van der Waals surface area contributed by atoms with Crippen molar-refractivity contribution in [3.05, 3.63) is 60.2 Å². The number of aliphatic hydroxyl groups is 1. The predicted octanol–water partition coefficient (Wildman–Crippen LogP) is 3.62. The Hall–Kier alpha value is -2.32. The number of ether oxygens (including phenoxy) is 2. The van der Waals surface area contributed by atoms with E-state index in [1.165, 1.54) is 4.90 Å².